The molecule has 1 aliphatic heterocycles. The maximum absolute atomic E-state index is 12.9. The van der Waals surface area contributed by atoms with Crippen LogP contribution in [0.5, 0.6) is 0 Å². The van der Waals surface area contributed by atoms with Crippen molar-refractivity contribution in [1.29, 1.82) is 0 Å². The average molecular weight is 401 g/mol. The number of aromatic nitrogens is 3. The number of rotatable bonds is 5. The zero-order valence-corrected chi connectivity index (χ0v) is 16.8. The molecule has 1 amide bonds. The van der Waals surface area contributed by atoms with E-state index in [-0.39, 0.29) is 11.9 Å². The summed E-state index contributed by atoms with van der Waals surface area (Å²) in [6, 6.07) is 15.2. The Morgan fingerprint density at radius 2 is 2.03 bits per heavy atom. The number of imidazole rings is 1. The van der Waals surface area contributed by atoms with E-state index in [2.05, 4.69) is 20.2 Å². The van der Waals surface area contributed by atoms with Crippen LogP contribution in [-0.4, -0.2) is 37.9 Å². The molecule has 0 saturated carbocycles. The van der Waals surface area contributed by atoms with Crippen molar-refractivity contribution in [3.63, 3.8) is 0 Å². The maximum atomic E-state index is 12.9. The summed E-state index contributed by atoms with van der Waals surface area (Å²) >= 11 is 0. The largest absolute Gasteiger partial charge is 0.436 e. The number of carbonyl (C=O) groups excluding carboxylic acids is 1. The lowest BCUT2D eigenvalue weighted by molar-refractivity contribution is -0.120. The molecule has 3 heterocycles. The number of hydrogen-bond acceptors (Lipinski definition) is 5. The van der Waals surface area contributed by atoms with Gasteiger partial charge in [-0.05, 0) is 55.8 Å². The van der Waals surface area contributed by atoms with Gasteiger partial charge in [0, 0.05) is 30.7 Å². The molecule has 2 aromatic carbocycles. The number of oxazole rings is 1. The standard InChI is InChI=1S/C23H23N5O2/c1-27-14-12-24-21(27)15-28-13-4-6-19(28)22(29)25-17-10-8-16(9-11-17)23-26-18-5-2-3-7-20(18)30-23/h2-3,5,7-12,14,19H,4,6,13,15H2,1H3,(H,25,29)/t19-/m0/s1. The van der Waals surface area contributed by atoms with Gasteiger partial charge in [0.2, 0.25) is 11.8 Å². The molecule has 0 radical (unpaired) electrons. The molecule has 2 aromatic heterocycles. The van der Waals surface area contributed by atoms with Gasteiger partial charge in [-0.3, -0.25) is 9.69 Å². The van der Waals surface area contributed by atoms with Crippen molar-refractivity contribution in [1.82, 2.24) is 19.4 Å². The van der Waals surface area contributed by atoms with E-state index in [1.54, 1.807) is 6.20 Å². The number of fused-ring (bicyclic) bond motifs is 1. The van der Waals surface area contributed by atoms with E-state index < -0.39 is 0 Å². The van der Waals surface area contributed by atoms with Crippen LogP contribution in [0.3, 0.4) is 0 Å². The van der Waals surface area contributed by atoms with Crippen LogP contribution < -0.4 is 5.32 Å². The minimum absolute atomic E-state index is 0.0244. The summed E-state index contributed by atoms with van der Waals surface area (Å²) in [6.45, 7) is 1.58. The third kappa shape index (κ3) is 3.59. The highest BCUT2D eigenvalue weighted by Crippen LogP contribution is 2.26. The zero-order valence-electron chi connectivity index (χ0n) is 16.8. The number of nitrogens with one attached hydrogen (secondary N) is 1. The lowest BCUT2D eigenvalue weighted by Gasteiger charge is -2.23. The van der Waals surface area contributed by atoms with Crippen LogP contribution in [0.15, 0.2) is 65.3 Å². The zero-order chi connectivity index (χ0) is 20.5. The van der Waals surface area contributed by atoms with Gasteiger partial charge in [-0.2, -0.15) is 0 Å². The van der Waals surface area contributed by atoms with Crippen LogP contribution in [0.1, 0.15) is 18.7 Å². The number of benzene rings is 2. The fourth-order valence-corrected chi connectivity index (χ4v) is 3.96. The molecule has 152 valence electrons. The molecule has 30 heavy (non-hydrogen) atoms. The molecule has 1 fully saturated rings. The number of nitrogens with zero attached hydrogens (tertiary/aromatic N) is 4. The molecule has 1 aliphatic rings. The van der Waals surface area contributed by atoms with Crippen LogP contribution in [0.4, 0.5) is 5.69 Å². The van der Waals surface area contributed by atoms with E-state index in [4.69, 9.17) is 4.42 Å². The summed E-state index contributed by atoms with van der Waals surface area (Å²) in [4.78, 5) is 24.0. The molecule has 1 N–H and O–H groups in total. The molecule has 0 spiro atoms. The summed E-state index contributed by atoms with van der Waals surface area (Å²) in [5.41, 5.74) is 3.24. The van der Waals surface area contributed by atoms with Crippen molar-refractivity contribution in [2.24, 2.45) is 7.05 Å². The fourth-order valence-electron chi connectivity index (χ4n) is 3.96. The Morgan fingerprint density at radius 3 is 2.80 bits per heavy atom. The third-order valence-electron chi connectivity index (χ3n) is 5.63. The lowest BCUT2D eigenvalue weighted by Crippen LogP contribution is -2.39. The summed E-state index contributed by atoms with van der Waals surface area (Å²) < 4.78 is 7.82. The quantitative estimate of drug-likeness (QED) is 0.550. The first kappa shape index (κ1) is 18.6. The first-order valence-corrected chi connectivity index (χ1v) is 10.1. The van der Waals surface area contributed by atoms with Gasteiger partial charge in [-0.15, -0.1) is 0 Å². The van der Waals surface area contributed by atoms with Gasteiger partial charge in [-0.1, -0.05) is 12.1 Å². The minimum atomic E-state index is -0.140. The summed E-state index contributed by atoms with van der Waals surface area (Å²) in [7, 11) is 1.98. The topological polar surface area (TPSA) is 76.2 Å². The van der Waals surface area contributed by atoms with Crippen molar-refractivity contribution in [3.8, 4) is 11.5 Å². The Hall–Kier alpha value is -3.45. The second kappa shape index (κ2) is 7.76. The number of carbonyl (C=O) groups is 1. The molecule has 1 saturated heterocycles. The van der Waals surface area contributed by atoms with Gasteiger partial charge in [-0.25, -0.2) is 9.97 Å². The Morgan fingerprint density at radius 1 is 1.20 bits per heavy atom. The smallest absolute Gasteiger partial charge is 0.241 e. The molecule has 7 nitrogen and oxygen atoms in total. The second-order valence-electron chi connectivity index (χ2n) is 7.64. The Bertz CT molecular complexity index is 1140. The summed E-state index contributed by atoms with van der Waals surface area (Å²) in [6.07, 6.45) is 5.59. The molecule has 5 rings (SSSR count). The molecule has 7 heteroatoms. The third-order valence-corrected chi connectivity index (χ3v) is 5.63. The van der Waals surface area contributed by atoms with Crippen molar-refractivity contribution in [2.75, 3.05) is 11.9 Å². The number of para-hydroxylation sites is 2. The van der Waals surface area contributed by atoms with Crippen molar-refractivity contribution in [2.45, 2.75) is 25.4 Å². The van der Waals surface area contributed by atoms with E-state index in [0.29, 0.717) is 12.4 Å². The van der Waals surface area contributed by atoms with E-state index in [1.165, 1.54) is 0 Å². The van der Waals surface area contributed by atoms with E-state index in [0.717, 1.165) is 47.6 Å². The first-order valence-electron chi connectivity index (χ1n) is 10.1. The van der Waals surface area contributed by atoms with Gasteiger partial charge >= 0.3 is 0 Å². The highest BCUT2D eigenvalue weighted by molar-refractivity contribution is 5.95. The number of amides is 1. The highest BCUT2D eigenvalue weighted by atomic mass is 16.3. The van der Waals surface area contributed by atoms with Crippen molar-refractivity contribution < 1.29 is 9.21 Å². The maximum Gasteiger partial charge on any atom is 0.241 e. The Balaban J connectivity index is 1.27. The second-order valence-corrected chi connectivity index (χ2v) is 7.64. The average Bonchev–Trinajstić information content (AvgIpc) is 3.49. The van der Waals surface area contributed by atoms with E-state index >= 15 is 0 Å². The SMILES string of the molecule is Cn1ccnc1CN1CCC[C@H]1C(=O)Nc1ccc(-c2nc3ccccc3o2)cc1. The first-order chi connectivity index (χ1) is 14.7. The van der Waals surface area contributed by atoms with Crippen LogP contribution in [0.2, 0.25) is 0 Å². The summed E-state index contributed by atoms with van der Waals surface area (Å²) in [5.74, 6) is 1.57. The molecule has 1 atom stereocenters. The number of hydrogen-bond donors (Lipinski definition) is 1. The van der Waals surface area contributed by atoms with Crippen LogP contribution in [0, 0.1) is 0 Å². The van der Waals surface area contributed by atoms with Gasteiger partial charge in [0.15, 0.2) is 5.58 Å². The normalized spacial score (nSPS) is 16.9. The van der Waals surface area contributed by atoms with E-state index in [9.17, 15) is 4.79 Å². The Kier molecular flexibility index (Phi) is 4.80. The predicted molar refractivity (Wildman–Crippen MR) is 115 cm³/mol. The molecule has 0 unspecified atom stereocenters. The Labute approximate surface area is 174 Å². The van der Waals surface area contributed by atoms with Gasteiger partial charge in [0.25, 0.3) is 0 Å². The molecule has 0 bridgehead atoms. The molecular formula is C23H23N5O2. The van der Waals surface area contributed by atoms with E-state index in [1.807, 2.05) is 66.3 Å². The van der Waals surface area contributed by atoms with Crippen LogP contribution >= 0.6 is 0 Å². The molecule has 4 aromatic rings. The van der Waals surface area contributed by atoms with Gasteiger partial charge in [0.1, 0.15) is 11.3 Å². The fraction of sp³-hybridized carbons (Fsp3) is 0.261. The van der Waals surface area contributed by atoms with Crippen LogP contribution in [0.25, 0.3) is 22.6 Å². The highest BCUT2D eigenvalue weighted by Gasteiger charge is 2.31. The van der Waals surface area contributed by atoms with Gasteiger partial charge in [0.05, 0.1) is 12.6 Å². The minimum Gasteiger partial charge on any atom is -0.436 e. The lowest BCUT2D eigenvalue weighted by atomic mass is 10.1. The predicted octanol–water partition coefficient (Wildman–Crippen LogP) is 3.83. The molecular weight excluding hydrogens is 378 g/mol. The molecule has 0 aliphatic carbocycles. The van der Waals surface area contributed by atoms with Gasteiger partial charge < -0.3 is 14.3 Å². The summed E-state index contributed by atoms with van der Waals surface area (Å²) in [5, 5.41) is 3.05. The number of likely N-dealkylation sites (tertiary alicyclic amines) is 1. The number of aryl methyl sites for hydroxylation is 1. The monoisotopic (exact) mass is 401 g/mol. The number of anilines is 1. The van der Waals surface area contributed by atoms with Crippen LogP contribution in [-0.2, 0) is 18.4 Å². The van der Waals surface area contributed by atoms with Crippen molar-refractivity contribution >= 4 is 22.7 Å². The van der Waals surface area contributed by atoms with Crippen molar-refractivity contribution in [3.05, 3.63) is 66.7 Å².